The van der Waals surface area contributed by atoms with E-state index in [0.717, 1.165) is 54.0 Å². The van der Waals surface area contributed by atoms with Gasteiger partial charge < -0.3 is 10.0 Å². The Labute approximate surface area is 161 Å². The zero-order valence-corrected chi connectivity index (χ0v) is 15.7. The third kappa shape index (κ3) is 4.61. The van der Waals surface area contributed by atoms with Crippen LogP contribution in [0.5, 0.6) is 5.75 Å². The van der Waals surface area contributed by atoms with E-state index in [0.29, 0.717) is 12.2 Å². The van der Waals surface area contributed by atoms with Gasteiger partial charge in [-0.2, -0.15) is 0 Å². The number of rotatable bonds is 5. The highest BCUT2D eigenvalue weighted by atomic mass is 32.1. The molecule has 1 fully saturated rings. The van der Waals surface area contributed by atoms with Crippen molar-refractivity contribution in [3.8, 4) is 5.75 Å². The van der Waals surface area contributed by atoms with Crippen molar-refractivity contribution in [3.63, 3.8) is 0 Å². The monoisotopic (exact) mass is 384 g/mol. The summed E-state index contributed by atoms with van der Waals surface area (Å²) >= 11 is 1.60. The predicted octanol–water partition coefficient (Wildman–Crippen LogP) is 3.30. The molecule has 0 spiro atoms. The van der Waals surface area contributed by atoms with Gasteiger partial charge in [-0.15, -0.1) is 10.2 Å². The van der Waals surface area contributed by atoms with Crippen molar-refractivity contribution < 1.29 is 9.50 Å². The van der Waals surface area contributed by atoms with Crippen LogP contribution in [0.15, 0.2) is 48.5 Å². The smallest absolute Gasteiger partial charge is 0.208 e. The van der Waals surface area contributed by atoms with Crippen molar-refractivity contribution in [2.45, 2.75) is 13.0 Å². The number of benzene rings is 2. The summed E-state index contributed by atoms with van der Waals surface area (Å²) in [5.74, 6) is 0.0916. The van der Waals surface area contributed by atoms with Gasteiger partial charge in [0.25, 0.3) is 0 Å². The van der Waals surface area contributed by atoms with Gasteiger partial charge in [0.15, 0.2) is 0 Å². The van der Waals surface area contributed by atoms with Crippen LogP contribution in [0, 0.1) is 5.82 Å². The molecule has 2 aromatic carbocycles. The van der Waals surface area contributed by atoms with Crippen LogP contribution in [0.1, 0.15) is 16.1 Å². The van der Waals surface area contributed by atoms with Gasteiger partial charge in [0, 0.05) is 39.1 Å². The standard InChI is InChI=1S/C20H21FN4OS/c21-17-6-4-15(5-7-17)13-19-22-23-20(27-19)25-10-8-24(9-11-25)14-16-2-1-3-18(26)12-16/h1-7,12,26H,8-11,13-14H2. The van der Waals surface area contributed by atoms with E-state index in [-0.39, 0.29) is 5.82 Å². The molecule has 1 aromatic heterocycles. The molecule has 3 aromatic rings. The predicted molar refractivity (Wildman–Crippen MR) is 105 cm³/mol. The second-order valence-corrected chi connectivity index (χ2v) is 7.76. The maximum atomic E-state index is 13.0. The maximum absolute atomic E-state index is 13.0. The molecule has 0 atom stereocenters. The lowest BCUT2D eigenvalue weighted by atomic mass is 10.2. The summed E-state index contributed by atoms with van der Waals surface area (Å²) in [6.07, 6.45) is 0.676. The van der Waals surface area contributed by atoms with Crippen molar-refractivity contribution in [1.82, 2.24) is 15.1 Å². The van der Waals surface area contributed by atoms with E-state index in [9.17, 15) is 9.50 Å². The average Bonchev–Trinajstić information content (AvgIpc) is 3.13. The highest BCUT2D eigenvalue weighted by molar-refractivity contribution is 7.15. The molecule has 0 radical (unpaired) electrons. The van der Waals surface area contributed by atoms with Crippen LogP contribution in [0.2, 0.25) is 0 Å². The highest BCUT2D eigenvalue weighted by Crippen LogP contribution is 2.24. The van der Waals surface area contributed by atoms with Crippen molar-refractivity contribution >= 4 is 16.5 Å². The summed E-state index contributed by atoms with van der Waals surface area (Å²) in [5, 5.41) is 20.1. The van der Waals surface area contributed by atoms with Gasteiger partial charge in [0.1, 0.15) is 16.6 Å². The van der Waals surface area contributed by atoms with Gasteiger partial charge in [-0.05, 0) is 35.4 Å². The van der Waals surface area contributed by atoms with Gasteiger partial charge in [-0.1, -0.05) is 35.6 Å². The van der Waals surface area contributed by atoms with Gasteiger partial charge in [-0.3, -0.25) is 4.90 Å². The maximum Gasteiger partial charge on any atom is 0.208 e. The first kappa shape index (κ1) is 17.9. The molecule has 1 aliphatic rings. The van der Waals surface area contributed by atoms with E-state index in [1.165, 1.54) is 12.1 Å². The Kier molecular flexibility index (Phi) is 5.31. The molecular weight excluding hydrogens is 363 g/mol. The molecule has 0 amide bonds. The van der Waals surface area contributed by atoms with Crippen molar-refractivity contribution in [3.05, 3.63) is 70.5 Å². The summed E-state index contributed by atoms with van der Waals surface area (Å²) in [6.45, 7) is 4.55. The normalized spacial score (nSPS) is 15.2. The van der Waals surface area contributed by atoms with Gasteiger partial charge >= 0.3 is 0 Å². The highest BCUT2D eigenvalue weighted by Gasteiger charge is 2.20. The first-order chi connectivity index (χ1) is 13.2. The number of aromatic hydroxyl groups is 1. The van der Waals surface area contributed by atoms with Crippen LogP contribution in [0.3, 0.4) is 0 Å². The number of anilines is 1. The Morgan fingerprint density at radius 3 is 2.48 bits per heavy atom. The Morgan fingerprint density at radius 1 is 0.963 bits per heavy atom. The molecule has 1 saturated heterocycles. The average molecular weight is 384 g/mol. The summed E-state index contributed by atoms with van der Waals surface area (Å²) in [4.78, 5) is 4.65. The van der Waals surface area contributed by atoms with Crippen LogP contribution in [-0.4, -0.2) is 46.4 Å². The summed E-state index contributed by atoms with van der Waals surface area (Å²) < 4.78 is 13.0. The number of nitrogens with zero attached hydrogens (tertiary/aromatic N) is 4. The number of phenolic OH excluding ortho intramolecular Hbond substituents is 1. The van der Waals surface area contributed by atoms with Crippen LogP contribution >= 0.6 is 11.3 Å². The SMILES string of the molecule is Oc1cccc(CN2CCN(c3nnc(Cc4ccc(F)cc4)s3)CC2)c1. The van der Waals surface area contributed by atoms with Crippen LogP contribution in [0.4, 0.5) is 9.52 Å². The van der Waals surface area contributed by atoms with Crippen LogP contribution in [0.25, 0.3) is 0 Å². The number of halogens is 1. The molecule has 0 aliphatic carbocycles. The molecular formula is C20H21FN4OS. The molecule has 1 aliphatic heterocycles. The fraction of sp³-hybridized carbons (Fsp3) is 0.300. The molecule has 7 heteroatoms. The number of aromatic nitrogens is 2. The summed E-state index contributed by atoms with van der Waals surface area (Å²) in [5.41, 5.74) is 2.16. The molecule has 5 nitrogen and oxygen atoms in total. The van der Waals surface area contributed by atoms with Crippen molar-refractivity contribution in [1.29, 1.82) is 0 Å². The van der Waals surface area contributed by atoms with Gasteiger partial charge in [0.05, 0.1) is 0 Å². The minimum atomic E-state index is -0.222. The van der Waals surface area contributed by atoms with E-state index in [4.69, 9.17) is 0 Å². The Balaban J connectivity index is 1.32. The minimum Gasteiger partial charge on any atom is -0.508 e. The quantitative estimate of drug-likeness (QED) is 0.732. The van der Waals surface area contributed by atoms with Gasteiger partial charge in [0.2, 0.25) is 5.13 Å². The fourth-order valence-electron chi connectivity index (χ4n) is 3.23. The molecule has 4 rings (SSSR count). The number of piperazine rings is 1. The second-order valence-electron chi connectivity index (χ2n) is 6.71. The molecule has 0 unspecified atom stereocenters. The number of phenols is 1. The first-order valence-corrected chi connectivity index (χ1v) is 9.79. The molecule has 1 N–H and O–H groups in total. The molecule has 2 heterocycles. The lowest BCUT2D eigenvalue weighted by Crippen LogP contribution is -2.45. The molecule has 27 heavy (non-hydrogen) atoms. The van der Waals surface area contributed by atoms with E-state index in [2.05, 4.69) is 20.0 Å². The number of hydrogen-bond acceptors (Lipinski definition) is 6. The van der Waals surface area contributed by atoms with E-state index in [1.807, 2.05) is 18.2 Å². The van der Waals surface area contributed by atoms with Crippen molar-refractivity contribution in [2.75, 3.05) is 31.1 Å². The summed E-state index contributed by atoms with van der Waals surface area (Å²) in [6, 6.07) is 14.0. The molecule has 0 saturated carbocycles. The van der Waals surface area contributed by atoms with Crippen LogP contribution < -0.4 is 4.90 Å². The number of hydrogen-bond donors (Lipinski definition) is 1. The van der Waals surface area contributed by atoms with Crippen LogP contribution in [-0.2, 0) is 13.0 Å². The summed E-state index contributed by atoms with van der Waals surface area (Å²) in [7, 11) is 0. The lowest BCUT2D eigenvalue weighted by Gasteiger charge is -2.34. The zero-order valence-electron chi connectivity index (χ0n) is 14.9. The van der Waals surface area contributed by atoms with Gasteiger partial charge in [-0.25, -0.2) is 4.39 Å². The van der Waals surface area contributed by atoms with E-state index >= 15 is 0 Å². The Hall–Kier alpha value is -2.51. The Bertz CT molecular complexity index is 891. The first-order valence-electron chi connectivity index (χ1n) is 8.98. The zero-order chi connectivity index (χ0) is 18.6. The second kappa shape index (κ2) is 8.02. The van der Waals surface area contributed by atoms with E-state index < -0.39 is 0 Å². The third-order valence-electron chi connectivity index (χ3n) is 4.68. The van der Waals surface area contributed by atoms with E-state index in [1.54, 1.807) is 29.5 Å². The third-order valence-corrected chi connectivity index (χ3v) is 5.67. The lowest BCUT2D eigenvalue weighted by molar-refractivity contribution is 0.249. The fourth-order valence-corrected chi connectivity index (χ4v) is 4.16. The van der Waals surface area contributed by atoms with Crippen molar-refractivity contribution in [2.24, 2.45) is 0 Å². The largest absolute Gasteiger partial charge is 0.508 e. The minimum absolute atomic E-state index is 0.222. The molecule has 140 valence electrons. The Morgan fingerprint density at radius 2 is 1.74 bits per heavy atom. The molecule has 0 bridgehead atoms. The topological polar surface area (TPSA) is 52.5 Å².